The maximum atomic E-state index is 9.01. The number of aromatic nitrogens is 2. The third-order valence-corrected chi connectivity index (χ3v) is 3.92. The highest BCUT2D eigenvalue weighted by Gasteiger charge is 2.53. The van der Waals surface area contributed by atoms with Gasteiger partial charge < -0.3 is 4.90 Å². The predicted molar refractivity (Wildman–Crippen MR) is 62.0 cm³/mol. The number of hydrogen-bond donors (Lipinski definition) is 0. The molecule has 0 aliphatic carbocycles. The van der Waals surface area contributed by atoms with Gasteiger partial charge in [0.15, 0.2) is 11.5 Å². The van der Waals surface area contributed by atoms with Gasteiger partial charge in [-0.1, -0.05) is 13.8 Å². The lowest BCUT2D eigenvalue weighted by Crippen LogP contribution is -2.70. The fourth-order valence-electron chi connectivity index (χ4n) is 2.01. The van der Waals surface area contributed by atoms with Crippen molar-refractivity contribution in [2.24, 2.45) is 5.41 Å². The van der Waals surface area contributed by atoms with Gasteiger partial charge in [0.05, 0.1) is 0 Å². The van der Waals surface area contributed by atoms with Gasteiger partial charge in [0.2, 0.25) is 0 Å². The van der Waals surface area contributed by atoms with Crippen LogP contribution in [0.1, 0.15) is 33.4 Å². The van der Waals surface area contributed by atoms with Gasteiger partial charge >= 0.3 is 0 Å². The smallest absolute Gasteiger partial charge is 0.183 e. The van der Waals surface area contributed by atoms with Gasteiger partial charge in [0.1, 0.15) is 6.07 Å². The van der Waals surface area contributed by atoms with Crippen LogP contribution in [0.4, 0.5) is 5.82 Å². The Morgan fingerprint density at radius 1 is 1.25 bits per heavy atom. The van der Waals surface area contributed by atoms with E-state index in [0.29, 0.717) is 11.5 Å². The van der Waals surface area contributed by atoms with Crippen LogP contribution in [-0.4, -0.2) is 22.1 Å². The number of nitrogens with zero attached hydrogens (tertiary/aromatic N) is 4. The summed E-state index contributed by atoms with van der Waals surface area (Å²) in [6, 6.07) is 2.09. The molecule has 4 nitrogen and oxygen atoms in total. The summed E-state index contributed by atoms with van der Waals surface area (Å²) in [6.45, 7) is 9.71. The number of anilines is 1. The van der Waals surface area contributed by atoms with Gasteiger partial charge in [-0.05, 0) is 13.8 Å². The average Bonchev–Trinajstić information content (AvgIpc) is 2.26. The van der Waals surface area contributed by atoms with E-state index >= 15 is 0 Å². The maximum Gasteiger partial charge on any atom is 0.183 e. The van der Waals surface area contributed by atoms with Crippen LogP contribution in [0.15, 0.2) is 12.4 Å². The summed E-state index contributed by atoms with van der Waals surface area (Å²) in [7, 11) is 0. The van der Waals surface area contributed by atoms with Crippen LogP contribution in [0.2, 0.25) is 0 Å². The number of nitriles is 1. The molecular weight excluding hydrogens is 200 g/mol. The minimum atomic E-state index is 0.00856. The first-order valence-corrected chi connectivity index (χ1v) is 5.39. The largest absolute Gasteiger partial charge is 0.348 e. The van der Waals surface area contributed by atoms with Crippen LogP contribution in [0.5, 0.6) is 0 Å². The molecule has 0 saturated carbocycles. The Hall–Kier alpha value is -1.63. The first kappa shape index (κ1) is 10.9. The van der Waals surface area contributed by atoms with Gasteiger partial charge in [-0.25, -0.2) is 9.97 Å². The summed E-state index contributed by atoms with van der Waals surface area (Å²) in [6.07, 6.45) is 3.19. The molecular formula is C12H16N4. The summed E-state index contributed by atoms with van der Waals surface area (Å²) in [4.78, 5) is 10.5. The molecule has 1 saturated heterocycles. The van der Waals surface area contributed by atoms with E-state index in [4.69, 9.17) is 5.26 Å². The van der Waals surface area contributed by atoms with Crippen LogP contribution < -0.4 is 4.90 Å². The lowest BCUT2D eigenvalue weighted by molar-refractivity contribution is 0.0964. The van der Waals surface area contributed by atoms with Crippen molar-refractivity contribution in [3.05, 3.63) is 18.1 Å². The molecule has 1 aromatic rings. The van der Waals surface area contributed by atoms with Crippen LogP contribution >= 0.6 is 0 Å². The summed E-state index contributed by atoms with van der Waals surface area (Å²) in [5, 5.41) is 9.01. The first-order valence-electron chi connectivity index (χ1n) is 5.39. The zero-order valence-corrected chi connectivity index (χ0v) is 10.2. The van der Waals surface area contributed by atoms with Gasteiger partial charge in [0.25, 0.3) is 0 Å². The van der Waals surface area contributed by atoms with E-state index in [1.165, 1.54) is 0 Å². The molecule has 0 spiro atoms. The molecule has 0 amide bonds. The monoisotopic (exact) mass is 216 g/mol. The second-order valence-corrected chi connectivity index (χ2v) is 5.37. The third kappa shape index (κ3) is 1.28. The van der Waals surface area contributed by atoms with Crippen molar-refractivity contribution >= 4 is 5.82 Å². The average molecular weight is 216 g/mol. The van der Waals surface area contributed by atoms with Crippen molar-refractivity contribution in [2.75, 3.05) is 11.4 Å². The first-order chi connectivity index (χ1) is 7.40. The van der Waals surface area contributed by atoms with Crippen LogP contribution in [-0.2, 0) is 0 Å². The quantitative estimate of drug-likeness (QED) is 0.720. The van der Waals surface area contributed by atoms with Gasteiger partial charge in [-0.3, -0.25) is 0 Å². The van der Waals surface area contributed by atoms with Gasteiger partial charge in [0, 0.05) is 29.9 Å². The molecule has 0 aromatic carbocycles. The molecule has 16 heavy (non-hydrogen) atoms. The fraction of sp³-hybridized carbons (Fsp3) is 0.583. The molecule has 0 bridgehead atoms. The molecule has 2 heterocycles. The number of rotatable bonds is 1. The highest BCUT2D eigenvalue weighted by Crippen LogP contribution is 2.48. The number of hydrogen-bond acceptors (Lipinski definition) is 4. The maximum absolute atomic E-state index is 9.01. The van der Waals surface area contributed by atoms with Crippen LogP contribution in [0.3, 0.4) is 0 Å². The van der Waals surface area contributed by atoms with E-state index in [-0.39, 0.29) is 11.0 Å². The second-order valence-electron chi connectivity index (χ2n) is 5.37. The molecule has 0 atom stereocenters. The van der Waals surface area contributed by atoms with Crippen molar-refractivity contribution < 1.29 is 0 Å². The van der Waals surface area contributed by atoms with Gasteiger partial charge in [-0.15, -0.1) is 0 Å². The van der Waals surface area contributed by atoms with Crippen molar-refractivity contribution in [1.82, 2.24) is 9.97 Å². The van der Waals surface area contributed by atoms with Crippen LogP contribution in [0.25, 0.3) is 0 Å². The van der Waals surface area contributed by atoms with Crippen LogP contribution in [0, 0.1) is 16.7 Å². The SMILES string of the molecule is CC1(C)CN(c2nccnc2C#N)C1(C)C. The van der Waals surface area contributed by atoms with E-state index in [1.54, 1.807) is 12.4 Å². The molecule has 1 aromatic heterocycles. The highest BCUT2D eigenvalue weighted by molar-refractivity contribution is 5.55. The fourth-order valence-corrected chi connectivity index (χ4v) is 2.01. The summed E-state index contributed by atoms with van der Waals surface area (Å²) in [5.41, 5.74) is 0.650. The normalized spacial score (nSPS) is 21.1. The Morgan fingerprint density at radius 3 is 2.38 bits per heavy atom. The predicted octanol–water partition coefficient (Wildman–Crippen LogP) is 1.97. The van der Waals surface area contributed by atoms with Gasteiger partial charge in [-0.2, -0.15) is 5.26 Å². The molecule has 0 N–H and O–H groups in total. The molecule has 1 aliphatic rings. The summed E-state index contributed by atoms with van der Waals surface area (Å²) in [5.74, 6) is 0.703. The Morgan fingerprint density at radius 2 is 1.88 bits per heavy atom. The zero-order valence-electron chi connectivity index (χ0n) is 10.2. The zero-order chi connectivity index (χ0) is 12.0. The molecule has 2 rings (SSSR count). The molecule has 1 aliphatic heterocycles. The highest BCUT2D eigenvalue weighted by atomic mass is 15.3. The van der Waals surface area contributed by atoms with E-state index in [9.17, 15) is 0 Å². The minimum absolute atomic E-state index is 0.00856. The Kier molecular flexibility index (Phi) is 2.16. The van der Waals surface area contributed by atoms with Crippen molar-refractivity contribution in [2.45, 2.75) is 33.2 Å². The molecule has 0 unspecified atom stereocenters. The van der Waals surface area contributed by atoms with Crippen molar-refractivity contribution in [1.29, 1.82) is 5.26 Å². The van der Waals surface area contributed by atoms with E-state index in [1.807, 2.05) is 0 Å². The molecule has 0 radical (unpaired) electrons. The van der Waals surface area contributed by atoms with Crippen molar-refractivity contribution in [3.63, 3.8) is 0 Å². The summed E-state index contributed by atoms with van der Waals surface area (Å²) < 4.78 is 0. The molecule has 84 valence electrons. The Labute approximate surface area is 95.9 Å². The van der Waals surface area contributed by atoms with E-state index in [0.717, 1.165) is 6.54 Å². The minimum Gasteiger partial charge on any atom is -0.348 e. The standard InChI is InChI=1S/C12H16N4/c1-11(2)8-16(12(11,3)4)10-9(7-13)14-5-6-15-10/h5-6H,8H2,1-4H3. The third-order valence-electron chi connectivity index (χ3n) is 3.92. The Balaban J connectivity index is 2.39. The lowest BCUT2D eigenvalue weighted by Gasteiger charge is -2.61. The lowest BCUT2D eigenvalue weighted by atomic mass is 9.65. The van der Waals surface area contributed by atoms with E-state index in [2.05, 4.69) is 48.6 Å². The summed E-state index contributed by atoms with van der Waals surface area (Å²) >= 11 is 0. The van der Waals surface area contributed by atoms with E-state index < -0.39 is 0 Å². The molecule has 1 fully saturated rings. The topological polar surface area (TPSA) is 52.8 Å². The molecule has 4 heteroatoms. The second kappa shape index (κ2) is 3.18. The Bertz CT molecular complexity index is 456. The van der Waals surface area contributed by atoms with Crippen molar-refractivity contribution in [3.8, 4) is 6.07 Å².